The van der Waals surface area contributed by atoms with E-state index < -0.39 is 5.97 Å². The van der Waals surface area contributed by atoms with E-state index >= 15 is 0 Å². The fourth-order valence-corrected chi connectivity index (χ4v) is 2.69. The molecule has 0 fully saturated rings. The number of aryl methyl sites for hydroxylation is 2. The average molecular weight is 296 g/mol. The normalized spacial score (nSPS) is 12.7. The first-order valence-corrected chi connectivity index (χ1v) is 7.22. The van der Waals surface area contributed by atoms with E-state index in [0.717, 1.165) is 19.3 Å². The van der Waals surface area contributed by atoms with Gasteiger partial charge in [-0.2, -0.15) is 0 Å². The summed E-state index contributed by atoms with van der Waals surface area (Å²) in [5.41, 5.74) is 3.90. The third kappa shape index (κ3) is 2.98. The van der Waals surface area contributed by atoms with Gasteiger partial charge in [0.1, 0.15) is 0 Å². The molecule has 0 aliphatic heterocycles. The topological polar surface area (TPSA) is 79.3 Å². The van der Waals surface area contributed by atoms with Gasteiger partial charge in [-0.25, -0.2) is 4.79 Å². The van der Waals surface area contributed by atoms with Crippen LogP contribution in [0.25, 0.3) is 0 Å². The average Bonchev–Trinajstić information content (AvgIpc) is 3.00. The van der Waals surface area contributed by atoms with E-state index in [1.54, 1.807) is 0 Å². The van der Waals surface area contributed by atoms with Crippen LogP contribution in [0, 0.1) is 0 Å². The summed E-state index contributed by atoms with van der Waals surface area (Å²) in [5, 5.41) is 11.7. The molecule has 0 unspecified atom stereocenters. The Labute approximate surface area is 128 Å². The van der Waals surface area contributed by atoms with Gasteiger partial charge in [-0.1, -0.05) is 6.07 Å². The molecule has 0 bridgehead atoms. The van der Waals surface area contributed by atoms with Crippen LogP contribution in [-0.2, 0) is 19.4 Å². The Morgan fingerprint density at radius 2 is 1.91 bits per heavy atom. The number of fused-ring (bicyclic) bond motifs is 1. The number of carbonyl (C=O) groups is 2. The Morgan fingerprint density at radius 3 is 2.73 bits per heavy atom. The van der Waals surface area contributed by atoms with Crippen LogP contribution in [0.2, 0.25) is 0 Å². The zero-order chi connectivity index (χ0) is 15.5. The van der Waals surface area contributed by atoms with Crippen LogP contribution in [0.15, 0.2) is 36.5 Å². The molecule has 5 heteroatoms. The van der Waals surface area contributed by atoms with Crippen LogP contribution in [-0.4, -0.2) is 22.0 Å². The molecular formula is C17H16N2O3. The minimum Gasteiger partial charge on any atom is -0.478 e. The molecule has 112 valence electrons. The second-order valence-electron chi connectivity index (χ2n) is 5.36. The predicted octanol–water partition coefficient (Wildman–Crippen LogP) is 2.20. The lowest BCUT2D eigenvalue weighted by molar-refractivity contribution is 0.0696. The Morgan fingerprint density at radius 1 is 1.09 bits per heavy atom. The fourth-order valence-electron chi connectivity index (χ4n) is 2.69. The number of amides is 1. The summed E-state index contributed by atoms with van der Waals surface area (Å²) in [6.07, 6.45) is 4.69. The molecule has 1 aromatic heterocycles. The molecule has 0 saturated heterocycles. The van der Waals surface area contributed by atoms with Gasteiger partial charge in [0.2, 0.25) is 0 Å². The van der Waals surface area contributed by atoms with E-state index in [2.05, 4.69) is 10.3 Å². The molecule has 0 saturated carbocycles. The second-order valence-corrected chi connectivity index (χ2v) is 5.36. The van der Waals surface area contributed by atoms with Crippen molar-refractivity contribution in [3.8, 4) is 0 Å². The molecule has 1 heterocycles. The SMILES string of the molecule is O=C(O)c1ccnc(CNC(=O)c2ccc3c(c2)CCC3)c1. The highest BCUT2D eigenvalue weighted by atomic mass is 16.4. The van der Waals surface area contributed by atoms with Gasteiger partial charge in [0.15, 0.2) is 0 Å². The quantitative estimate of drug-likeness (QED) is 0.906. The number of pyridine rings is 1. The number of rotatable bonds is 4. The zero-order valence-electron chi connectivity index (χ0n) is 12.0. The zero-order valence-corrected chi connectivity index (χ0v) is 12.0. The number of nitrogens with zero attached hydrogens (tertiary/aromatic N) is 1. The number of hydrogen-bond acceptors (Lipinski definition) is 3. The van der Waals surface area contributed by atoms with Crippen molar-refractivity contribution in [1.82, 2.24) is 10.3 Å². The number of nitrogens with one attached hydrogen (secondary N) is 1. The Bertz CT molecular complexity index is 740. The van der Waals surface area contributed by atoms with Crippen LogP contribution in [0.5, 0.6) is 0 Å². The fraction of sp³-hybridized carbons (Fsp3) is 0.235. The molecule has 2 N–H and O–H groups in total. The summed E-state index contributed by atoms with van der Waals surface area (Å²) in [5.74, 6) is -1.18. The highest BCUT2D eigenvalue weighted by molar-refractivity contribution is 5.94. The van der Waals surface area contributed by atoms with Crippen molar-refractivity contribution in [2.45, 2.75) is 25.8 Å². The van der Waals surface area contributed by atoms with Crippen molar-refractivity contribution < 1.29 is 14.7 Å². The number of aromatic nitrogens is 1. The maximum Gasteiger partial charge on any atom is 0.335 e. The second kappa shape index (κ2) is 5.97. The van der Waals surface area contributed by atoms with Gasteiger partial charge >= 0.3 is 5.97 Å². The number of benzene rings is 1. The lowest BCUT2D eigenvalue weighted by Crippen LogP contribution is -2.23. The van der Waals surface area contributed by atoms with E-state index in [4.69, 9.17) is 5.11 Å². The van der Waals surface area contributed by atoms with Gasteiger partial charge in [0.05, 0.1) is 17.8 Å². The summed E-state index contributed by atoms with van der Waals surface area (Å²) < 4.78 is 0. The summed E-state index contributed by atoms with van der Waals surface area (Å²) in [7, 11) is 0. The molecule has 5 nitrogen and oxygen atoms in total. The van der Waals surface area contributed by atoms with Gasteiger partial charge in [-0.15, -0.1) is 0 Å². The number of carboxylic acid groups (broad SMARTS) is 1. The van der Waals surface area contributed by atoms with Crippen molar-refractivity contribution in [1.29, 1.82) is 0 Å². The molecule has 0 atom stereocenters. The summed E-state index contributed by atoms with van der Waals surface area (Å²) in [6, 6.07) is 8.68. The maximum absolute atomic E-state index is 12.2. The first kappa shape index (κ1) is 14.3. The van der Waals surface area contributed by atoms with Crippen molar-refractivity contribution in [3.63, 3.8) is 0 Å². The lowest BCUT2D eigenvalue weighted by Gasteiger charge is -2.07. The van der Waals surface area contributed by atoms with Gasteiger partial charge in [0.25, 0.3) is 5.91 Å². The summed E-state index contributed by atoms with van der Waals surface area (Å²) in [4.78, 5) is 27.2. The molecule has 3 rings (SSSR count). The molecule has 22 heavy (non-hydrogen) atoms. The third-order valence-corrected chi connectivity index (χ3v) is 3.85. The summed E-state index contributed by atoms with van der Waals surface area (Å²) in [6.45, 7) is 0.205. The van der Waals surface area contributed by atoms with E-state index in [0.29, 0.717) is 11.3 Å². The third-order valence-electron chi connectivity index (χ3n) is 3.85. The predicted molar refractivity (Wildman–Crippen MR) is 80.8 cm³/mol. The molecule has 2 aromatic rings. The molecule has 1 aromatic carbocycles. The highest BCUT2D eigenvalue weighted by Gasteiger charge is 2.14. The minimum atomic E-state index is -1.01. The summed E-state index contributed by atoms with van der Waals surface area (Å²) >= 11 is 0. The van der Waals surface area contributed by atoms with Gasteiger partial charge < -0.3 is 10.4 Å². The van der Waals surface area contributed by atoms with Gasteiger partial charge in [-0.3, -0.25) is 9.78 Å². The van der Waals surface area contributed by atoms with Crippen molar-refractivity contribution in [2.24, 2.45) is 0 Å². The maximum atomic E-state index is 12.2. The van der Waals surface area contributed by atoms with Crippen molar-refractivity contribution in [2.75, 3.05) is 0 Å². The molecule has 1 aliphatic rings. The number of carboxylic acids is 1. The molecule has 1 amide bonds. The Balaban J connectivity index is 1.67. The van der Waals surface area contributed by atoms with Crippen LogP contribution in [0.3, 0.4) is 0 Å². The monoisotopic (exact) mass is 296 g/mol. The molecule has 0 radical (unpaired) electrons. The number of carbonyl (C=O) groups excluding carboxylic acids is 1. The van der Waals surface area contributed by atoms with Crippen molar-refractivity contribution >= 4 is 11.9 Å². The molecular weight excluding hydrogens is 280 g/mol. The standard InChI is InChI=1S/C17H16N2O3/c20-16(13-5-4-11-2-1-3-12(11)8-13)19-10-15-9-14(17(21)22)6-7-18-15/h4-9H,1-3,10H2,(H,19,20)(H,21,22). The minimum absolute atomic E-state index is 0.164. The van der Waals surface area contributed by atoms with Crippen LogP contribution in [0.1, 0.15) is 44.0 Å². The largest absolute Gasteiger partial charge is 0.478 e. The number of hydrogen-bond donors (Lipinski definition) is 2. The van der Waals surface area contributed by atoms with Gasteiger partial charge in [0, 0.05) is 11.8 Å². The van der Waals surface area contributed by atoms with Crippen LogP contribution < -0.4 is 5.32 Å². The number of aromatic carboxylic acids is 1. The van der Waals surface area contributed by atoms with Gasteiger partial charge in [-0.05, 0) is 54.7 Å². The van der Waals surface area contributed by atoms with E-state index in [1.807, 2.05) is 18.2 Å². The van der Waals surface area contributed by atoms with E-state index in [-0.39, 0.29) is 18.0 Å². The van der Waals surface area contributed by atoms with Crippen molar-refractivity contribution in [3.05, 3.63) is 64.5 Å². The Kier molecular flexibility index (Phi) is 3.87. The van der Waals surface area contributed by atoms with E-state index in [1.165, 1.54) is 29.5 Å². The molecule has 0 spiro atoms. The smallest absolute Gasteiger partial charge is 0.335 e. The van der Waals surface area contributed by atoms with Crippen LogP contribution >= 0.6 is 0 Å². The van der Waals surface area contributed by atoms with Crippen LogP contribution in [0.4, 0.5) is 0 Å². The van der Waals surface area contributed by atoms with E-state index in [9.17, 15) is 9.59 Å². The Hall–Kier alpha value is -2.69. The highest BCUT2D eigenvalue weighted by Crippen LogP contribution is 2.22. The lowest BCUT2D eigenvalue weighted by atomic mass is 10.1. The molecule has 1 aliphatic carbocycles. The first-order valence-electron chi connectivity index (χ1n) is 7.22. The first-order chi connectivity index (χ1) is 10.6.